The first-order valence-electron chi connectivity index (χ1n) is 3.48. The van der Waals surface area contributed by atoms with E-state index in [1.807, 2.05) is 0 Å². The molecular weight excluding hydrogens is 104 g/mol. The van der Waals surface area contributed by atoms with E-state index in [2.05, 4.69) is 4.74 Å². The Hall–Kier alpha value is -0.530. The predicted octanol–water partition coefficient (Wildman–Crippen LogP) is 1.10. The molecule has 0 amide bonds. The highest BCUT2D eigenvalue weighted by Crippen LogP contribution is 2.06. The van der Waals surface area contributed by atoms with E-state index in [0.717, 1.165) is 12.8 Å². The monoisotopic (exact) mass is 115 g/mol. The molecule has 1 unspecified atom stereocenters. The van der Waals surface area contributed by atoms with Crippen molar-refractivity contribution in [3.05, 3.63) is 0 Å². The summed E-state index contributed by atoms with van der Waals surface area (Å²) in [6.45, 7) is -0.597. The predicted molar refractivity (Wildman–Crippen MR) is 29.4 cm³/mol. The molecule has 0 aromatic rings. The second-order valence-corrected chi connectivity index (χ2v) is 1.90. The van der Waals surface area contributed by atoms with Gasteiger partial charge in [-0.25, -0.2) is 0 Å². The van der Waals surface area contributed by atoms with E-state index in [4.69, 9.17) is 1.37 Å². The molecule has 0 radical (unpaired) electrons. The molecule has 1 saturated heterocycles. The van der Waals surface area contributed by atoms with Crippen molar-refractivity contribution in [2.75, 3.05) is 6.58 Å². The van der Waals surface area contributed by atoms with Crippen LogP contribution in [-0.2, 0) is 9.53 Å². The van der Waals surface area contributed by atoms with Gasteiger partial charge in [0, 0.05) is 6.42 Å². The van der Waals surface area contributed by atoms with Gasteiger partial charge < -0.3 is 4.74 Å². The zero-order valence-electron chi connectivity index (χ0n) is 5.72. The average Bonchev–Trinajstić information content (AvgIpc) is 1.93. The van der Waals surface area contributed by atoms with Crippen molar-refractivity contribution in [3.63, 3.8) is 0 Å². The van der Waals surface area contributed by atoms with Crippen LogP contribution in [0, 0.1) is 0 Å². The summed E-state index contributed by atoms with van der Waals surface area (Å²) in [6, 6.07) is 0. The summed E-state index contributed by atoms with van der Waals surface area (Å²) in [5.74, 6) is -0.215. The van der Waals surface area contributed by atoms with Crippen molar-refractivity contribution in [1.29, 1.82) is 0 Å². The lowest BCUT2D eigenvalue weighted by Gasteiger charge is -1.93. The lowest BCUT2D eigenvalue weighted by molar-refractivity contribution is -0.142. The topological polar surface area (TPSA) is 26.3 Å². The van der Waals surface area contributed by atoms with Crippen molar-refractivity contribution >= 4 is 5.97 Å². The summed E-state index contributed by atoms with van der Waals surface area (Å²) in [4.78, 5) is 10.6. The van der Waals surface area contributed by atoms with E-state index < -0.39 is 6.58 Å². The number of esters is 1. The number of carbonyl (C=O) groups excluding carboxylic acids is 1. The minimum Gasteiger partial charge on any atom is -0.466 e. The molecule has 2 nitrogen and oxygen atoms in total. The van der Waals surface area contributed by atoms with E-state index in [-0.39, 0.29) is 5.97 Å². The molecule has 0 N–H and O–H groups in total. The van der Waals surface area contributed by atoms with Gasteiger partial charge in [-0.3, -0.25) is 4.79 Å². The van der Waals surface area contributed by atoms with Crippen molar-refractivity contribution < 1.29 is 10.9 Å². The van der Waals surface area contributed by atoms with Gasteiger partial charge in [-0.15, -0.1) is 0 Å². The van der Waals surface area contributed by atoms with Gasteiger partial charge in [-0.2, -0.15) is 0 Å². The maximum absolute atomic E-state index is 10.6. The number of carbonyl (C=O) groups is 1. The second-order valence-electron chi connectivity index (χ2n) is 1.90. The van der Waals surface area contributed by atoms with Crippen molar-refractivity contribution in [2.24, 2.45) is 0 Å². The number of cyclic esters (lactones) is 1. The van der Waals surface area contributed by atoms with Crippen molar-refractivity contribution in [3.8, 4) is 0 Å². The summed E-state index contributed by atoms with van der Waals surface area (Å²) in [6.07, 6.45) is 3.02. The van der Waals surface area contributed by atoms with E-state index in [0.29, 0.717) is 12.8 Å². The molecule has 0 bridgehead atoms. The number of hydrogen-bond donors (Lipinski definition) is 0. The third-order valence-electron chi connectivity index (χ3n) is 1.17. The molecular formula is C6H10O2. The van der Waals surface area contributed by atoms with E-state index >= 15 is 0 Å². The Labute approximate surface area is 50.2 Å². The van der Waals surface area contributed by atoms with Gasteiger partial charge in [0.05, 0.1) is 7.95 Å². The Balaban J connectivity index is 2.37. The van der Waals surface area contributed by atoms with Crippen LogP contribution in [0.2, 0.25) is 0 Å². The highest BCUT2D eigenvalue weighted by Gasteiger charge is 2.05. The van der Waals surface area contributed by atoms with Gasteiger partial charge in [-0.05, 0) is 19.3 Å². The Kier molecular flexibility index (Phi) is 1.47. The molecule has 1 fully saturated rings. The first kappa shape index (κ1) is 4.36. The summed E-state index contributed by atoms with van der Waals surface area (Å²) >= 11 is 0. The standard InChI is InChI=1S/C6H10O2/c7-6-4-2-1-3-5-8-6/h1-5H2/i5D. The molecule has 0 aromatic carbocycles. The minimum atomic E-state index is -0.597. The van der Waals surface area contributed by atoms with Gasteiger partial charge in [0.25, 0.3) is 0 Å². The molecule has 46 valence electrons. The Bertz CT molecular complexity index is 114. The van der Waals surface area contributed by atoms with Gasteiger partial charge in [0.2, 0.25) is 0 Å². The Morgan fingerprint density at radius 2 is 2.38 bits per heavy atom. The molecule has 2 heteroatoms. The van der Waals surface area contributed by atoms with Gasteiger partial charge in [0.15, 0.2) is 0 Å². The smallest absolute Gasteiger partial charge is 0.305 e. The largest absolute Gasteiger partial charge is 0.466 e. The minimum absolute atomic E-state index is 0.215. The zero-order chi connectivity index (χ0) is 6.69. The number of hydrogen-bond acceptors (Lipinski definition) is 2. The molecule has 1 aliphatic heterocycles. The first-order valence-corrected chi connectivity index (χ1v) is 2.91. The Morgan fingerprint density at radius 3 is 3.25 bits per heavy atom. The van der Waals surface area contributed by atoms with Crippen molar-refractivity contribution in [2.45, 2.75) is 25.7 Å². The van der Waals surface area contributed by atoms with Crippen LogP contribution < -0.4 is 0 Å². The Morgan fingerprint density at radius 1 is 1.50 bits per heavy atom. The van der Waals surface area contributed by atoms with Crippen LogP contribution in [0.1, 0.15) is 27.1 Å². The maximum atomic E-state index is 10.6. The van der Waals surface area contributed by atoms with Crippen LogP contribution in [0.3, 0.4) is 0 Å². The average molecular weight is 115 g/mol. The highest BCUT2D eigenvalue weighted by atomic mass is 16.5. The SMILES string of the molecule is [2H]C1CCCCC(=O)O1. The molecule has 0 saturated carbocycles. The highest BCUT2D eigenvalue weighted by molar-refractivity contribution is 5.69. The molecule has 1 rings (SSSR count). The maximum Gasteiger partial charge on any atom is 0.305 e. The van der Waals surface area contributed by atoms with Crippen LogP contribution >= 0.6 is 0 Å². The third kappa shape index (κ3) is 1.52. The van der Waals surface area contributed by atoms with Crippen molar-refractivity contribution in [1.82, 2.24) is 0 Å². The summed E-state index contributed by atoms with van der Waals surface area (Å²) in [5.41, 5.74) is 0. The third-order valence-corrected chi connectivity index (χ3v) is 1.17. The van der Waals surface area contributed by atoms with E-state index in [9.17, 15) is 4.79 Å². The lowest BCUT2D eigenvalue weighted by atomic mass is 10.2. The fourth-order valence-corrected chi connectivity index (χ4v) is 0.708. The molecule has 1 atom stereocenters. The van der Waals surface area contributed by atoms with E-state index in [1.54, 1.807) is 0 Å². The molecule has 8 heavy (non-hydrogen) atoms. The van der Waals surface area contributed by atoms with Crippen LogP contribution in [-0.4, -0.2) is 12.6 Å². The molecule has 1 heterocycles. The molecule has 1 aliphatic rings. The zero-order valence-corrected chi connectivity index (χ0v) is 4.72. The molecule has 0 spiro atoms. The number of ether oxygens (including phenoxy) is 1. The van der Waals surface area contributed by atoms with Gasteiger partial charge in [-0.1, -0.05) is 0 Å². The van der Waals surface area contributed by atoms with Gasteiger partial charge in [0.1, 0.15) is 0 Å². The second kappa shape index (κ2) is 2.70. The fraction of sp³-hybridized carbons (Fsp3) is 0.833. The normalized spacial score (nSPS) is 32.8. The summed E-state index contributed by atoms with van der Waals surface area (Å²) in [7, 11) is 0. The number of rotatable bonds is 0. The lowest BCUT2D eigenvalue weighted by Crippen LogP contribution is -2.00. The fourth-order valence-electron chi connectivity index (χ4n) is 0.708. The van der Waals surface area contributed by atoms with Gasteiger partial charge >= 0.3 is 5.97 Å². The summed E-state index contributed by atoms with van der Waals surface area (Å²) < 4.78 is 11.7. The van der Waals surface area contributed by atoms with Crippen LogP contribution in [0.4, 0.5) is 0 Å². The molecule has 0 aliphatic carbocycles. The molecule has 0 aromatic heterocycles. The van der Waals surface area contributed by atoms with Crippen LogP contribution in [0.5, 0.6) is 0 Å². The quantitative estimate of drug-likeness (QED) is 0.442. The first-order chi connectivity index (χ1) is 4.29. The van der Waals surface area contributed by atoms with Crippen LogP contribution in [0.15, 0.2) is 0 Å². The van der Waals surface area contributed by atoms with Crippen LogP contribution in [0.25, 0.3) is 0 Å². The van der Waals surface area contributed by atoms with E-state index in [1.165, 1.54) is 0 Å². The summed E-state index contributed by atoms with van der Waals surface area (Å²) in [5, 5.41) is 0.